The van der Waals surface area contributed by atoms with Gasteiger partial charge in [-0.25, -0.2) is 10.2 Å². The van der Waals surface area contributed by atoms with Crippen LogP contribution in [-0.2, 0) is 59.1 Å². The molecule has 0 unspecified atom stereocenters. The summed E-state index contributed by atoms with van der Waals surface area (Å²) >= 11 is 14.3. The fourth-order valence-electron chi connectivity index (χ4n) is 15.0. The summed E-state index contributed by atoms with van der Waals surface area (Å²) in [6, 6.07) is 8.94. The number of phenols is 3. The molecule has 14 rings (SSSR count). The van der Waals surface area contributed by atoms with Gasteiger partial charge in [-0.3, -0.25) is 48.6 Å². The minimum Gasteiger partial charge on any atom is -0.508 e. The number of primary amides is 2. The quantitative estimate of drug-likeness (QED) is 0.0488. The van der Waals surface area contributed by atoms with Crippen LogP contribution in [0.15, 0.2) is 127 Å². The number of amides is 11. The molecule has 2 saturated heterocycles. The molecule has 0 radical (unpaired) electrons. The molecule has 0 saturated carbocycles. The third kappa shape index (κ3) is 21.2. The Morgan fingerprint density at radius 2 is 1.33 bits per heavy atom. The van der Waals surface area contributed by atoms with Crippen LogP contribution >= 0.6 is 23.2 Å². The van der Waals surface area contributed by atoms with Crippen LogP contribution in [-0.4, -0.2) is 204 Å². The van der Waals surface area contributed by atoms with Crippen molar-refractivity contribution in [3.8, 4) is 62.9 Å². The number of carbonyl (C=O) groups excluding carboxylic acids is 10. The third-order valence-electron chi connectivity index (χ3n) is 21.4. The maximum absolute atomic E-state index is 16.3. The van der Waals surface area contributed by atoms with Gasteiger partial charge in [0.1, 0.15) is 101 Å². The molecule has 18 atom stereocenters. The lowest BCUT2D eigenvalue weighted by Crippen LogP contribution is -2.65. The van der Waals surface area contributed by atoms with Gasteiger partial charge in [0.05, 0.1) is 41.3 Å². The Balaban J connectivity index is 1.01. The molecular weight excluding hydrogens is 1700 g/mol. The molecular formula is C83H91Cl2F2N13O26. The molecule has 0 aliphatic carbocycles. The largest absolute Gasteiger partial charge is 0.508 e. The number of rotatable bonds is 20. The maximum atomic E-state index is 16.3. The van der Waals surface area contributed by atoms with E-state index in [2.05, 4.69) is 52.6 Å². The highest BCUT2D eigenvalue weighted by molar-refractivity contribution is 6.32. The van der Waals surface area contributed by atoms with Crippen LogP contribution in [0, 0.1) is 5.92 Å². The molecule has 7 aromatic rings. The van der Waals surface area contributed by atoms with Gasteiger partial charge in [0.25, 0.3) is 11.8 Å². The van der Waals surface area contributed by atoms with Crippen LogP contribution in [0.2, 0.25) is 10.0 Å². The first-order valence-corrected chi connectivity index (χ1v) is 39.9. The number of hydrogen-bond acceptors (Lipinski definition) is 28. The van der Waals surface area contributed by atoms with Gasteiger partial charge in [-0.2, -0.15) is 8.78 Å². The second-order valence-corrected chi connectivity index (χ2v) is 32.0. The van der Waals surface area contributed by atoms with Crippen LogP contribution in [0.25, 0.3) is 11.1 Å². The molecule has 7 heterocycles. The van der Waals surface area contributed by atoms with Gasteiger partial charge in [0.2, 0.25) is 53.4 Å². The Morgan fingerprint density at radius 1 is 0.690 bits per heavy atom. The second-order valence-electron chi connectivity index (χ2n) is 31.2. The van der Waals surface area contributed by atoms with Crippen molar-refractivity contribution < 1.29 is 136 Å². The maximum Gasteiger partial charge on any atom is 0.394 e. The van der Waals surface area contributed by atoms with Crippen molar-refractivity contribution >= 4 is 88.1 Å². The Morgan fingerprint density at radius 3 is 1.94 bits per heavy atom. The lowest BCUT2D eigenvalue weighted by atomic mass is 9.84. The van der Waals surface area contributed by atoms with Crippen molar-refractivity contribution in [1.29, 1.82) is 0 Å². The lowest BCUT2D eigenvalue weighted by molar-refractivity contribution is -0.334. The van der Waals surface area contributed by atoms with E-state index >= 15 is 24.0 Å². The van der Waals surface area contributed by atoms with Gasteiger partial charge in [-0.1, -0.05) is 67.4 Å². The van der Waals surface area contributed by atoms with Gasteiger partial charge < -0.3 is 138 Å². The van der Waals surface area contributed by atoms with Gasteiger partial charge in [-0.05, 0) is 158 Å². The molecule has 7 aliphatic heterocycles. The van der Waals surface area contributed by atoms with Crippen LogP contribution in [0.4, 0.5) is 19.3 Å². The van der Waals surface area contributed by atoms with Gasteiger partial charge >= 0.3 is 12.1 Å². The number of carbonyl (C=O) groups is 10. The molecule has 126 heavy (non-hydrogen) atoms. The van der Waals surface area contributed by atoms with E-state index in [0.717, 1.165) is 72.8 Å². The van der Waals surface area contributed by atoms with E-state index < -0.39 is 271 Å². The molecule has 11 amide bonds. The molecule has 39 nitrogen and oxygen atoms in total. The molecule has 2 fully saturated rings. The number of ether oxygens (including phenoxy) is 7. The van der Waals surface area contributed by atoms with Crippen molar-refractivity contribution in [2.24, 2.45) is 17.4 Å². The van der Waals surface area contributed by atoms with E-state index in [0.29, 0.717) is 18.2 Å². The van der Waals surface area contributed by atoms with Crippen molar-refractivity contribution in [3.05, 3.63) is 176 Å². The predicted octanol–water partition coefficient (Wildman–Crippen LogP) is 2.80. The minimum atomic E-state index is -3.48. The van der Waals surface area contributed by atoms with E-state index in [1.54, 1.807) is 45.0 Å². The van der Waals surface area contributed by atoms with Crippen LogP contribution in [0.3, 0.4) is 0 Å². The summed E-state index contributed by atoms with van der Waals surface area (Å²) in [5.74, 6) is -17.0. The minimum absolute atomic E-state index is 0.0111. The predicted molar refractivity (Wildman–Crippen MR) is 437 cm³/mol. The zero-order valence-corrected chi connectivity index (χ0v) is 69.2. The molecule has 7 aliphatic rings. The van der Waals surface area contributed by atoms with Crippen molar-refractivity contribution in [1.82, 2.24) is 53.4 Å². The number of phenolic OH excluding ortho intramolecular Hbond substituents is 3. The number of urea groups is 1. The fourth-order valence-corrected chi connectivity index (χ4v) is 15.4. The first-order valence-electron chi connectivity index (χ1n) is 39.2. The highest BCUT2D eigenvalue weighted by Crippen LogP contribution is 2.50. The van der Waals surface area contributed by atoms with Crippen LogP contribution < -0.4 is 89.1 Å². The van der Waals surface area contributed by atoms with E-state index in [-0.39, 0.29) is 47.7 Å². The van der Waals surface area contributed by atoms with Crippen molar-refractivity contribution in [2.75, 3.05) is 19.0 Å². The third-order valence-corrected chi connectivity index (χ3v) is 21.9. The Labute approximate surface area is 725 Å². The number of hydrazine groups is 1. The first-order chi connectivity index (χ1) is 59.6. The molecule has 11 bridgehead atoms. The lowest BCUT2D eigenvalue weighted by Gasteiger charge is -2.48. The number of nitrogens with two attached hydrogens (primary N) is 2. The molecule has 24 N–H and O–H groups in total. The standard InChI is InChI=1S/C83H91Cl2F2N13O26/c1-33(2)20-48(90-6)73(112)97-63-65(106)38-13-18-52(46(84)23-38)121-54-25-40-26-55(69(54)125-80-70(68(109)67(108)56(32-101)123-80)124-58-30-82(4,71(110)34(3)120-58)91-31-35-8-7-9-41(21-35)92-72(111)36-10-15-43(16-11-36)126-83(5,86)87)122-53-19-14-39(24-47(53)85)66(107)64-78(117)96-62(79(118)99-100-81(89)119)45-27-42(102)28-51(104)59(45)44-22-37(12-17-50(44)103)60(75(114)98-64)95-76(115)61(40)94-74(113)49(29-57(88)105)93-77(63)116/h7-19,21-28,33-34,48-49,56,58,60-68,70-71,80,90-91,101-104,106-110H,20,29-32H2,1-6H3,(H2,88,105)(H,92,111)(H,93,116)(H,94,113)(H,95,115)(H,96,117)(H,97,112)(H,98,114)(H,99,118)(H3,89,100,119)/t34-,48+,49-,56+,58-,60+,61+,62+,63+,64-,65+,66+,67+,68-,70+,71+,80-,82-/m0/s1. The number of fused-ring (bicyclic) bond motifs is 15. The Kier molecular flexibility index (Phi) is 28.5. The summed E-state index contributed by atoms with van der Waals surface area (Å²) in [4.78, 5) is 145. The zero-order valence-electron chi connectivity index (χ0n) is 67.7. The number of hydrogen-bond donors (Lipinski definition) is 22. The van der Waals surface area contributed by atoms with Crippen LogP contribution in [0.1, 0.15) is 128 Å². The summed E-state index contributed by atoms with van der Waals surface area (Å²) < 4.78 is 71.1. The number of likely N-dealkylation sites (N-methyl/N-ethyl adjacent to an activating group) is 1. The first kappa shape index (κ1) is 92.8. The summed E-state index contributed by atoms with van der Waals surface area (Å²) in [6.07, 6.45) is -23.2. The monoisotopic (exact) mass is 1790 g/mol. The Hall–Kier alpha value is -12.4. The summed E-state index contributed by atoms with van der Waals surface area (Å²) in [6.45, 7) is 6.24. The number of alkyl halides is 2. The molecule has 0 spiro atoms. The van der Waals surface area contributed by atoms with Crippen LogP contribution in [0.5, 0.6) is 51.7 Å². The van der Waals surface area contributed by atoms with Crippen molar-refractivity contribution in [3.63, 3.8) is 0 Å². The Bertz CT molecular complexity index is 5350. The molecule has 0 aromatic heterocycles. The average Bonchev–Trinajstić information content (AvgIpc) is 0.764. The number of anilines is 1. The normalized spacial score (nSPS) is 25.9. The molecule has 43 heteroatoms. The number of halogens is 4. The summed E-state index contributed by atoms with van der Waals surface area (Å²) in [7, 11) is 1.46. The zero-order chi connectivity index (χ0) is 91.4. The number of benzene rings is 7. The fraction of sp³-hybridized carbons (Fsp3) is 0.373. The molecule has 672 valence electrons. The van der Waals surface area contributed by atoms with E-state index in [9.17, 15) is 78.7 Å². The SMILES string of the molecule is CN[C@H](CC(C)C)C(=O)N[C@H]1C(=O)N[C@@H](CC(N)=O)C(=O)N[C@H]2C(=O)N[C@H]3C(=O)N[C@H](C(=O)N[C@@H](C(=O)NNC(N)=O)c4cc(O)cc(O)c4-c4cc3ccc4O)[C@H](O)c3ccc(c(Cl)c3)Oc3cc2cc(c3O[C@@H]2O[C@H](CO)[C@@H](O)[C@H](O)[C@H]2O[C@H]2C[C@](C)(NCc3cccc(NC(=O)c4ccc(OC(C)(F)F)cc4)c3)[C@H](O)[C@H](C)O2)Oc2ccc(cc2Cl)[C@H]1O. The number of aromatic hydroxyl groups is 3. The highest BCUT2D eigenvalue weighted by atomic mass is 35.5. The number of nitrogens with one attached hydrogen (secondary N) is 11. The second kappa shape index (κ2) is 38.6. The summed E-state index contributed by atoms with van der Waals surface area (Å²) in [5, 5.41) is 129. The number of aliphatic hydroxyl groups is 6. The number of aliphatic hydroxyl groups excluding tert-OH is 6. The smallest absolute Gasteiger partial charge is 0.394 e. The van der Waals surface area contributed by atoms with Gasteiger partial charge in [-0.15, -0.1) is 0 Å². The van der Waals surface area contributed by atoms with Gasteiger partial charge in [0.15, 0.2) is 23.9 Å². The average molecular weight is 1800 g/mol. The highest BCUT2D eigenvalue weighted by Gasteiger charge is 2.52. The van der Waals surface area contributed by atoms with E-state index in [1.165, 1.54) is 44.3 Å². The van der Waals surface area contributed by atoms with Crippen molar-refractivity contribution in [2.45, 2.75) is 176 Å². The van der Waals surface area contributed by atoms with E-state index in [1.807, 2.05) is 10.9 Å². The summed E-state index contributed by atoms with van der Waals surface area (Å²) in [5.41, 5.74) is 11.4. The van der Waals surface area contributed by atoms with Gasteiger partial charge in [0, 0.05) is 53.9 Å². The van der Waals surface area contributed by atoms with E-state index in [4.69, 9.17) is 63.1 Å². The molecule has 7 aromatic carbocycles. The topological polar surface area (TPSA) is 602 Å².